The maximum absolute atomic E-state index is 12.8. The summed E-state index contributed by atoms with van der Waals surface area (Å²) in [5.41, 5.74) is 1.38. The summed E-state index contributed by atoms with van der Waals surface area (Å²) in [4.78, 5) is 44.4. The first-order chi connectivity index (χ1) is 16.6. The number of carbonyl (C=O) groups excluding carboxylic acids is 2. The number of hydrogen-bond donors (Lipinski definition) is 1. The van der Waals surface area contributed by atoms with E-state index in [1.807, 2.05) is 0 Å². The number of urea groups is 1. The second-order valence-electron chi connectivity index (χ2n) is 8.89. The molecule has 2 atom stereocenters. The Bertz CT molecular complexity index is 1040. The van der Waals surface area contributed by atoms with Crippen LogP contribution in [0.5, 0.6) is 0 Å². The molecule has 0 saturated carbocycles. The van der Waals surface area contributed by atoms with Gasteiger partial charge in [0.15, 0.2) is 23.3 Å². The summed E-state index contributed by atoms with van der Waals surface area (Å²) in [5.74, 6) is 1.88. The van der Waals surface area contributed by atoms with Crippen LogP contribution in [0.4, 0.5) is 4.79 Å². The number of piperidine rings is 1. The van der Waals surface area contributed by atoms with Crippen molar-refractivity contribution in [1.82, 2.24) is 30.0 Å². The highest BCUT2D eigenvalue weighted by Gasteiger charge is 2.49. The average Bonchev–Trinajstić information content (AvgIpc) is 3.25. The Balaban J connectivity index is 1.28. The normalized spacial score (nSPS) is 23.1. The first-order valence-corrected chi connectivity index (χ1v) is 12.7. The zero-order chi connectivity index (χ0) is 23.5. The van der Waals surface area contributed by atoms with Crippen molar-refractivity contribution in [3.63, 3.8) is 0 Å². The van der Waals surface area contributed by atoms with Gasteiger partial charge in [0.05, 0.1) is 0 Å². The molecule has 1 aromatic carbocycles. The second kappa shape index (κ2) is 10.0. The van der Waals surface area contributed by atoms with Gasteiger partial charge in [-0.15, -0.1) is 0 Å². The molecular formula is C24H29N7O2S. The lowest BCUT2D eigenvalue weighted by atomic mass is 9.90. The molecule has 0 radical (unpaired) electrons. The number of hydrogen-bond acceptors (Lipinski definition) is 8. The number of benzene rings is 1. The molecule has 0 bridgehead atoms. The molecule has 1 N–H and O–H groups in total. The predicted molar refractivity (Wildman–Crippen MR) is 130 cm³/mol. The van der Waals surface area contributed by atoms with E-state index in [0.29, 0.717) is 23.4 Å². The van der Waals surface area contributed by atoms with Crippen LogP contribution in [0.1, 0.15) is 18.4 Å². The molecule has 3 aliphatic rings. The van der Waals surface area contributed by atoms with Gasteiger partial charge >= 0.3 is 6.03 Å². The van der Waals surface area contributed by atoms with Gasteiger partial charge in [0.1, 0.15) is 0 Å². The minimum atomic E-state index is -0.517. The fraction of sp³-hybridized carbons (Fsp3) is 0.458. The van der Waals surface area contributed by atoms with Crippen molar-refractivity contribution >= 4 is 29.7 Å². The van der Waals surface area contributed by atoms with E-state index in [-0.39, 0.29) is 5.91 Å². The molecule has 2 fully saturated rings. The SMILES string of the molecule is CN1C(=O)NC(=O)C2C1N=C(N1CCC(Cc3ccccc3)CC1)N2CCSc1ncccn1. The molecule has 178 valence electrons. The van der Waals surface area contributed by atoms with Crippen LogP contribution in [0.25, 0.3) is 0 Å². The first kappa shape index (κ1) is 22.6. The summed E-state index contributed by atoms with van der Waals surface area (Å²) < 4.78 is 0. The highest BCUT2D eigenvalue weighted by Crippen LogP contribution is 2.29. The van der Waals surface area contributed by atoms with Crippen molar-refractivity contribution in [1.29, 1.82) is 0 Å². The Labute approximate surface area is 203 Å². The van der Waals surface area contributed by atoms with Crippen molar-refractivity contribution in [3.05, 3.63) is 54.4 Å². The van der Waals surface area contributed by atoms with E-state index in [4.69, 9.17) is 4.99 Å². The quantitative estimate of drug-likeness (QED) is 0.501. The molecule has 5 rings (SSSR count). The summed E-state index contributed by atoms with van der Waals surface area (Å²) in [7, 11) is 1.70. The van der Waals surface area contributed by atoms with Gasteiger partial charge in [-0.25, -0.2) is 19.8 Å². The van der Waals surface area contributed by atoms with Gasteiger partial charge in [-0.2, -0.15) is 0 Å². The number of nitrogens with zero attached hydrogens (tertiary/aromatic N) is 6. The lowest BCUT2D eigenvalue weighted by Crippen LogP contribution is -2.64. The third-order valence-electron chi connectivity index (χ3n) is 6.71. The highest BCUT2D eigenvalue weighted by molar-refractivity contribution is 7.99. The molecule has 4 heterocycles. The van der Waals surface area contributed by atoms with E-state index in [9.17, 15) is 9.59 Å². The topological polar surface area (TPSA) is 94.0 Å². The molecule has 10 heteroatoms. The average molecular weight is 480 g/mol. The summed E-state index contributed by atoms with van der Waals surface area (Å²) in [6.45, 7) is 2.39. The Morgan fingerprint density at radius 2 is 1.79 bits per heavy atom. The summed E-state index contributed by atoms with van der Waals surface area (Å²) in [5, 5.41) is 3.19. The third-order valence-corrected chi connectivity index (χ3v) is 7.56. The maximum atomic E-state index is 12.8. The summed E-state index contributed by atoms with van der Waals surface area (Å²) >= 11 is 1.55. The third kappa shape index (κ3) is 4.72. The van der Waals surface area contributed by atoms with Gasteiger partial charge in [-0.05, 0) is 36.8 Å². The van der Waals surface area contributed by atoms with E-state index in [1.165, 1.54) is 10.5 Å². The number of likely N-dealkylation sites (N-methyl/N-ethyl adjacent to an activating group) is 1. The van der Waals surface area contributed by atoms with Gasteiger partial charge in [-0.3, -0.25) is 10.1 Å². The van der Waals surface area contributed by atoms with Crippen molar-refractivity contribution in [2.75, 3.05) is 32.4 Å². The maximum Gasteiger partial charge on any atom is 0.325 e. The van der Waals surface area contributed by atoms with E-state index < -0.39 is 18.2 Å². The number of imide groups is 1. The molecule has 34 heavy (non-hydrogen) atoms. The molecule has 0 aliphatic carbocycles. The van der Waals surface area contributed by atoms with Crippen molar-refractivity contribution in [3.8, 4) is 0 Å². The summed E-state index contributed by atoms with van der Waals surface area (Å²) in [6, 6.07) is 11.5. The fourth-order valence-corrected chi connectivity index (χ4v) is 5.63. The lowest BCUT2D eigenvalue weighted by Gasteiger charge is -2.39. The van der Waals surface area contributed by atoms with Gasteiger partial charge in [0.2, 0.25) is 0 Å². The van der Waals surface area contributed by atoms with Crippen LogP contribution in [-0.4, -0.2) is 87.2 Å². The van der Waals surface area contributed by atoms with Crippen molar-refractivity contribution in [2.45, 2.75) is 36.6 Å². The van der Waals surface area contributed by atoms with Gasteiger partial charge in [0, 0.05) is 44.8 Å². The van der Waals surface area contributed by atoms with Crippen LogP contribution < -0.4 is 5.32 Å². The standard InChI is InChI=1S/C24H29N7O2S/c1-29-20-19(21(32)28-24(29)33)31(14-15-34-22-25-10-5-11-26-22)23(27-20)30-12-8-18(9-13-30)16-17-6-3-2-4-7-17/h2-7,10-11,18-20H,8-9,12-16H2,1H3,(H,28,32,33). The largest absolute Gasteiger partial charge is 0.343 e. The number of thioether (sulfide) groups is 1. The Morgan fingerprint density at radius 1 is 1.06 bits per heavy atom. The molecule has 0 spiro atoms. The molecule has 1 aromatic heterocycles. The molecule has 2 aromatic rings. The Morgan fingerprint density at radius 3 is 2.53 bits per heavy atom. The summed E-state index contributed by atoms with van der Waals surface area (Å²) in [6.07, 6.45) is 6.18. The van der Waals surface area contributed by atoms with Crippen LogP contribution in [0.2, 0.25) is 0 Å². The Hall–Kier alpha value is -3.14. The first-order valence-electron chi connectivity index (χ1n) is 11.7. The van der Waals surface area contributed by atoms with Crippen LogP contribution in [0.15, 0.2) is 58.9 Å². The van der Waals surface area contributed by atoms with E-state index in [0.717, 1.165) is 38.3 Å². The lowest BCUT2D eigenvalue weighted by molar-refractivity contribution is -0.127. The number of aliphatic imine (C=N–C) groups is 1. The molecule has 9 nitrogen and oxygen atoms in total. The molecule has 2 saturated heterocycles. The number of amides is 3. The van der Waals surface area contributed by atoms with Gasteiger partial charge < -0.3 is 14.7 Å². The van der Waals surface area contributed by atoms with Crippen LogP contribution >= 0.6 is 11.8 Å². The molecule has 3 amide bonds. The second-order valence-corrected chi connectivity index (χ2v) is 9.95. The van der Waals surface area contributed by atoms with Crippen molar-refractivity contribution in [2.24, 2.45) is 10.9 Å². The number of rotatable bonds is 6. The zero-order valence-electron chi connectivity index (χ0n) is 19.2. The van der Waals surface area contributed by atoms with E-state index in [1.54, 1.807) is 37.3 Å². The molecule has 3 aliphatic heterocycles. The van der Waals surface area contributed by atoms with Crippen LogP contribution in [0.3, 0.4) is 0 Å². The molecule has 2 unspecified atom stereocenters. The number of fused-ring (bicyclic) bond motifs is 1. The predicted octanol–water partition coefficient (Wildman–Crippen LogP) is 2.07. The van der Waals surface area contributed by atoms with E-state index >= 15 is 0 Å². The number of nitrogens with one attached hydrogen (secondary N) is 1. The van der Waals surface area contributed by atoms with Gasteiger partial charge in [0.25, 0.3) is 5.91 Å². The highest BCUT2D eigenvalue weighted by atomic mass is 32.2. The Kier molecular flexibility index (Phi) is 6.66. The minimum absolute atomic E-state index is 0.285. The van der Waals surface area contributed by atoms with Crippen LogP contribution in [-0.2, 0) is 11.2 Å². The van der Waals surface area contributed by atoms with E-state index in [2.05, 4.69) is 55.4 Å². The smallest absolute Gasteiger partial charge is 0.325 e. The number of guanidine groups is 1. The fourth-order valence-electron chi connectivity index (χ4n) is 4.89. The monoisotopic (exact) mass is 479 g/mol. The minimum Gasteiger partial charge on any atom is -0.343 e. The van der Waals surface area contributed by atoms with Gasteiger partial charge in [-0.1, -0.05) is 42.1 Å². The van der Waals surface area contributed by atoms with Crippen molar-refractivity contribution < 1.29 is 9.59 Å². The zero-order valence-corrected chi connectivity index (χ0v) is 20.0. The molecular weight excluding hydrogens is 450 g/mol. The number of aromatic nitrogens is 2. The number of likely N-dealkylation sites (tertiary alicyclic amines) is 1. The number of carbonyl (C=O) groups is 2. The van der Waals surface area contributed by atoms with Crippen LogP contribution in [0, 0.1) is 5.92 Å².